The molecule has 1 rings (SSSR count). The third-order valence-corrected chi connectivity index (χ3v) is 3.97. The zero-order valence-corrected chi connectivity index (χ0v) is 11.5. The molecule has 0 aromatic heterocycles. The zero-order chi connectivity index (χ0) is 12.0. The van der Waals surface area contributed by atoms with Gasteiger partial charge in [0.2, 0.25) is 0 Å². The highest BCUT2D eigenvalue weighted by Crippen LogP contribution is 2.39. The normalized spacial score (nSPS) is 22.8. The molecule has 0 amide bonds. The quantitative estimate of drug-likeness (QED) is 0.628. The molecule has 1 aliphatic carbocycles. The minimum Gasteiger partial charge on any atom is -0.372 e. The van der Waals surface area contributed by atoms with Crippen LogP contribution in [0.5, 0.6) is 0 Å². The van der Waals surface area contributed by atoms with E-state index in [1.807, 2.05) is 0 Å². The highest BCUT2D eigenvalue weighted by atomic mass is 15.2. The summed E-state index contributed by atoms with van der Waals surface area (Å²) in [5.74, 6) is 0.578. The highest BCUT2D eigenvalue weighted by molar-refractivity contribution is 5.46. The lowest BCUT2D eigenvalue weighted by Gasteiger charge is -2.38. The summed E-state index contributed by atoms with van der Waals surface area (Å²) in [7, 11) is 2.21. The van der Waals surface area contributed by atoms with Gasteiger partial charge in [0.15, 0.2) is 0 Å². The maximum atomic E-state index is 2.42. The van der Waals surface area contributed by atoms with E-state index in [4.69, 9.17) is 0 Å². The van der Waals surface area contributed by atoms with E-state index in [9.17, 15) is 0 Å². The van der Waals surface area contributed by atoms with E-state index in [0.717, 1.165) is 0 Å². The molecule has 15 heavy (non-hydrogen) atoms. The Hall–Kier alpha value is -0.720. The van der Waals surface area contributed by atoms with Crippen LogP contribution in [-0.2, 0) is 0 Å². The SMILES string of the molecule is CC1=C(C)C(C)C(N(C)C(C)(C)C)=C1C. The second-order valence-electron chi connectivity index (χ2n) is 5.77. The molecular weight excluding hydrogens is 182 g/mol. The largest absolute Gasteiger partial charge is 0.372 e. The van der Waals surface area contributed by atoms with Gasteiger partial charge in [0.05, 0.1) is 0 Å². The topological polar surface area (TPSA) is 3.24 Å². The van der Waals surface area contributed by atoms with Crippen molar-refractivity contribution in [3.05, 3.63) is 22.4 Å². The average Bonchev–Trinajstić information content (AvgIpc) is 2.29. The third-order valence-electron chi connectivity index (χ3n) is 3.97. The molecule has 0 spiro atoms. The summed E-state index contributed by atoms with van der Waals surface area (Å²) in [6.07, 6.45) is 0. The van der Waals surface area contributed by atoms with Crippen molar-refractivity contribution in [2.45, 2.75) is 54.0 Å². The summed E-state index contributed by atoms with van der Waals surface area (Å²) in [6.45, 7) is 15.9. The molecule has 0 aromatic carbocycles. The molecule has 1 atom stereocenters. The smallest absolute Gasteiger partial charge is 0.0312 e. The van der Waals surface area contributed by atoms with E-state index in [1.165, 1.54) is 22.4 Å². The molecule has 0 radical (unpaired) electrons. The summed E-state index contributed by atoms with van der Waals surface area (Å²) in [5, 5.41) is 0. The average molecular weight is 207 g/mol. The summed E-state index contributed by atoms with van der Waals surface area (Å²) < 4.78 is 0. The van der Waals surface area contributed by atoms with Crippen LogP contribution in [-0.4, -0.2) is 17.5 Å². The van der Waals surface area contributed by atoms with Crippen molar-refractivity contribution in [2.75, 3.05) is 7.05 Å². The van der Waals surface area contributed by atoms with E-state index in [0.29, 0.717) is 5.92 Å². The maximum absolute atomic E-state index is 2.42. The molecule has 1 nitrogen and oxygen atoms in total. The summed E-state index contributed by atoms with van der Waals surface area (Å²) in [6, 6.07) is 0. The van der Waals surface area contributed by atoms with Crippen LogP contribution in [0.3, 0.4) is 0 Å². The fraction of sp³-hybridized carbons (Fsp3) is 0.714. The molecule has 1 heteroatoms. The van der Waals surface area contributed by atoms with Crippen LogP contribution in [0.15, 0.2) is 22.4 Å². The number of hydrogen-bond donors (Lipinski definition) is 0. The molecular formula is C14H25N. The first-order chi connectivity index (χ1) is 6.68. The second-order valence-corrected chi connectivity index (χ2v) is 5.77. The Kier molecular flexibility index (Phi) is 3.04. The van der Waals surface area contributed by atoms with Gasteiger partial charge in [-0.3, -0.25) is 0 Å². The second kappa shape index (κ2) is 3.70. The number of allylic oxidation sites excluding steroid dienone is 3. The van der Waals surface area contributed by atoms with Crippen molar-refractivity contribution in [2.24, 2.45) is 5.92 Å². The molecule has 86 valence electrons. The molecule has 0 bridgehead atoms. The van der Waals surface area contributed by atoms with Gasteiger partial charge < -0.3 is 4.90 Å². The van der Waals surface area contributed by atoms with Gasteiger partial charge in [0.25, 0.3) is 0 Å². The molecule has 0 saturated carbocycles. The first-order valence-electron chi connectivity index (χ1n) is 5.80. The summed E-state index contributed by atoms with van der Waals surface area (Å²) in [4.78, 5) is 2.42. The van der Waals surface area contributed by atoms with Crippen LogP contribution in [0.4, 0.5) is 0 Å². The fourth-order valence-corrected chi connectivity index (χ4v) is 2.25. The monoisotopic (exact) mass is 207 g/mol. The van der Waals surface area contributed by atoms with Crippen molar-refractivity contribution in [3.63, 3.8) is 0 Å². The molecule has 0 N–H and O–H groups in total. The Morgan fingerprint density at radius 1 is 1.00 bits per heavy atom. The lowest BCUT2D eigenvalue weighted by Crippen LogP contribution is -2.39. The first kappa shape index (κ1) is 12.4. The van der Waals surface area contributed by atoms with Crippen LogP contribution in [0, 0.1) is 5.92 Å². The number of nitrogens with zero attached hydrogens (tertiary/aromatic N) is 1. The van der Waals surface area contributed by atoms with E-state index in [2.05, 4.69) is 60.4 Å². The van der Waals surface area contributed by atoms with E-state index in [-0.39, 0.29) is 5.54 Å². The first-order valence-corrected chi connectivity index (χ1v) is 5.80. The van der Waals surface area contributed by atoms with Gasteiger partial charge in [-0.25, -0.2) is 0 Å². The van der Waals surface area contributed by atoms with E-state index in [1.54, 1.807) is 0 Å². The van der Waals surface area contributed by atoms with Crippen LogP contribution >= 0.6 is 0 Å². The van der Waals surface area contributed by atoms with Crippen molar-refractivity contribution in [1.29, 1.82) is 0 Å². The van der Waals surface area contributed by atoms with Crippen LogP contribution in [0.1, 0.15) is 48.5 Å². The molecule has 0 saturated heterocycles. The summed E-state index contributed by atoms with van der Waals surface area (Å²) in [5.41, 5.74) is 6.18. The van der Waals surface area contributed by atoms with Gasteiger partial charge in [-0.05, 0) is 52.7 Å². The number of rotatable bonds is 1. The molecule has 0 heterocycles. The fourth-order valence-electron chi connectivity index (χ4n) is 2.25. The van der Waals surface area contributed by atoms with Crippen LogP contribution in [0.2, 0.25) is 0 Å². The Morgan fingerprint density at radius 2 is 1.47 bits per heavy atom. The Labute approximate surface area is 94.9 Å². The summed E-state index contributed by atoms with van der Waals surface area (Å²) >= 11 is 0. The van der Waals surface area contributed by atoms with Gasteiger partial charge >= 0.3 is 0 Å². The molecule has 1 aliphatic rings. The number of hydrogen-bond acceptors (Lipinski definition) is 1. The molecule has 0 aromatic rings. The lowest BCUT2D eigenvalue weighted by molar-refractivity contribution is 0.211. The van der Waals surface area contributed by atoms with Crippen molar-refractivity contribution in [3.8, 4) is 0 Å². The minimum atomic E-state index is 0.204. The van der Waals surface area contributed by atoms with Crippen molar-refractivity contribution < 1.29 is 0 Å². The third kappa shape index (κ3) is 1.97. The van der Waals surface area contributed by atoms with Crippen molar-refractivity contribution in [1.82, 2.24) is 4.90 Å². The van der Waals surface area contributed by atoms with Gasteiger partial charge in [-0.2, -0.15) is 0 Å². The predicted octanol–water partition coefficient (Wildman–Crippen LogP) is 3.98. The standard InChI is InChI=1S/C14H25N/c1-9-10(2)12(4)13(11(9)3)15(8)14(5,6)7/h11H,1-8H3. The lowest BCUT2D eigenvalue weighted by atomic mass is 9.98. The zero-order valence-electron chi connectivity index (χ0n) is 11.5. The van der Waals surface area contributed by atoms with Crippen molar-refractivity contribution >= 4 is 0 Å². The maximum Gasteiger partial charge on any atom is 0.0312 e. The minimum absolute atomic E-state index is 0.204. The van der Waals surface area contributed by atoms with E-state index < -0.39 is 0 Å². The van der Waals surface area contributed by atoms with Gasteiger partial charge in [-0.1, -0.05) is 12.5 Å². The molecule has 0 fully saturated rings. The van der Waals surface area contributed by atoms with Crippen LogP contribution in [0.25, 0.3) is 0 Å². The van der Waals surface area contributed by atoms with Gasteiger partial charge in [0, 0.05) is 24.2 Å². The van der Waals surface area contributed by atoms with Gasteiger partial charge in [-0.15, -0.1) is 0 Å². The molecule has 1 unspecified atom stereocenters. The molecule has 0 aliphatic heterocycles. The predicted molar refractivity (Wildman–Crippen MR) is 67.8 cm³/mol. The highest BCUT2D eigenvalue weighted by Gasteiger charge is 2.30. The Bertz CT molecular complexity index is 326. The Morgan fingerprint density at radius 3 is 1.73 bits per heavy atom. The van der Waals surface area contributed by atoms with Crippen LogP contribution < -0.4 is 0 Å². The van der Waals surface area contributed by atoms with Gasteiger partial charge in [0.1, 0.15) is 0 Å². The Balaban J connectivity index is 3.11. The van der Waals surface area contributed by atoms with E-state index >= 15 is 0 Å².